The van der Waals surface area contributed by atoms with Crippen LogP contribution in [0.5, 0.6) is 0 Å². The third kappa shape index (κ3) is 3.50. The first-order valence-electron chi connectivity index (χ1n) is 6.19. The van der Waals surface area contributed by atoms with Crippen molar-refractivity contribution in [3.8, 4) is 0 Å². The highest BCUT2D eigenvalue weighted by molar-refractivity contribution is 7.89. The van der Waals surface area contributed by atoms with Crippen molar-refractivity contribution in [3.05, 3.63) is 29.6 Å². The van der Waals surface area contributed by atoms with Crippen molar-refractivity contribution in [1.82, 2.24) is 9.62 Å². The number of halogens is 4. The van der Waals surface area contributed by atoms with Gasteiger partial charge < -0.3 is 5.32 Å². The molecule has 0 aromatic heterocycles. The van der Waals surface area contributed by atoms with Gasteiger partial charge in [0.1, 0.15) is 17.5 Å². The zero-order chi connectivity index (χ0) is 14.9. The van der Waals surface area contributed by atoms with Crippen LogP contribution < -0.4 is 5.32 Å². The summed E-state index contributed by atoms with van der Waals surface area (Å²) in [7, 11) is -2.64. The van der Waals surface area contributed by atoms with Gasteiger partial charge >= 0.3 is 0 Å². The first-order chi connectivity index (χ1) is 9.37. The maximum absolute atomic E-state index is 13.7. The Morgan fingerprint density at radius 2 is 1.86 bits per heavy atom. The molecule has 120 valence electrons. The molecule has 1 N–H and O–H groups in total. The van der Waals surface area contributed by atoms with Crippen molar-refractivity contribution in [1.29, 1.82) is 0 Å². The van der Waals surface area contributed by atoms with Crippen molar-refractivity contribution in [3.63, 3.8) is 0 Å². The van der Waals surface area contributed by atoms with Crippen LogP contribution in [-0.4, -0.2) is 38.9 Å². The van der Waals surface area contributed by atoms with E-state index in [-0.39, 0.29) is 25.0 Å². The van der Waals surface area contributed by atoms with Gasteiger partial charge in [0.15, 0.2) is 4.90 Å². The molecule has 0 aliphatic carbocycles. The molecule has 0 saturated carbocycles. The predicted octanol–water partition coefficient (Wildman–Crippen LogP) is 1.90. The van der Waals surface area contributed by atoms with E-state index in [0.29, 0.717) is 31.5 Å². The smallest absolute Gasteiger partial charge is 0.249 e. The molecule has 0 radical (unpaired) electrons. The van der Waals surface area contributed by atoms with E-state index in [9.17, 15) is 21.6 Å². The van der Waals surface area contributed by atoms with E-state index in [0.717, 1.165) is 4.31 Å². The molecule has 21 heavy (non-hydrogen) atoms. The van der Waals surface area contributed by atoms with Crippen molar-refractivity contribution in [2.75, 3.05) is 20.1 Å². The Balaban J connectivity index is 0.00000220. The summed E-state index contributed by atoms with van der Waals surface area (Å²) in [5.74, 6) is -3.96. The van der Waals surface area contributed by atoms with Gasteiger partial charge in [0.2, 0.25) is 10.0 Å². The first-order valence-corrected chi connectivity index (χ1v) is 7.63. The average molecular weight is 345 g/mol. The largest absolute Gasteiger partial charge is 0.318 e. The number of nitrogens with zero attached hydrogens (tertiary/aromatic N) is 1. The summed E-state index contributed by atoms with van der Waals surface area (Å²) in [6.07, 6.45) is 1.24. The fourth-order valence-corrected chi connectivity index (χ4v) is 4.25. The molecule has 1 aromatic carbocycles. The second-order valence-electron chi connectivity index (χ2n) is 4.67. The number of sulfonamides is 1. The lowest BCUT2D eigenvalue weighted by atomic mass is 10.2. The summed E-state index contributed by atoms with van der Waals surface area (Å²) >= 11 is 0. The number of rotatable bonds is 4. The second kappa shape index (κ2) is 6.95. The molecule has 1 aliphatic rings. The van der Waals surface area contributed by atoms with Crippen LogP contribution in [0, 0.1) is 17.5 Å². The van der Waals surface area contributed by atoms with Gasteiger partial charge in [-0.3, -0.25) is 0 Å². The fraction of sp³-hybridized carbons (Fsp3) is 0.500. The van der Waals surface area contributed by atoms with E-state index in [2.05, 4.69) is 5.32 Å². The van der Waals surface area contributed by atoms with Crippen molar-refractivity contribution >= 4 is 22.4 Å². The van der Waals surface area contributed by atoms with E-state index in [1.807, 2.05) is 0 Å². The Kier molecular flexibility index (Phi) is 6.03. The lowest BCUT2D eigenvalue weighted by Crippen LogP contribution is -2.41. The van der Waals surface area contributed by atoms with Crippen LogP contribution in [0.4, 0.5) is 13.2 Å². The van der Waals surface area contributed by atoms with Crippen LogP contribution in [-0.2, 0) is 10.0 Å². The monoisotopic (exact) mass is 344 g/mol. The number of nitrogens with one attached hydrogen (secondary N) is 1. The van der Waals surface area contributed by atoms with Crippen molar-refractivity contribution < 1.29 is 21.6 Å². The van der Waals surface area contributed by atoms with Gasteiger partial charge in [-0.15, -0.1) is 12.4 Å². The third-order valence-corrected chi connectivity index (χ3v) is 5.30. The van der Waals surface area contributed by atoms with Crippen LogP contribution in [0.3, 0.4) is 0 Å². The topological polar surface area (TPSA) is 49.4 Å². The zero-order valence-electron chi connectivity index (χ0n) is 11.3. The van der Waals surface area contributed by atoms with E-state index < -0.39 is 32.4 Å². The van der Waals surface area contributed by atoms with Crippen LogP contribution in [0.1, 0.15) is 12.8 Å². The SMILES string of the molecule is CNCC1CCCN1S(=O)(=O)c1c(F)cc(F)cc1F.Cl. The van der Waals surface area contributed by atoms with Gasteiger partial charge in [0.05, 0.1) is 0 Å². The van der Waals surface area contributed by atoms with E-state index in [1.54, 1.807) is 7.05 Å². The van der Waals surface area contributed by atoms with Gasteiger partial charge in [-0.2, -0.15) is 4.31 Å². The summed E-state index contributed by atoms with van der Waals surface area (Å²) in [4.78, 5) is -1.08. The zero-order valence-corrected chi connectivity index (χ0v) is 12.9. The van der Waals surface area contributed by atoms with Gasteiger partial charge in [-0.25, -0.2) is 21.6 Å². The Morgan fingerprint density at radius 3 is 2.38 bits per heavy atom. The molecule has 1 heterocycles. The first kappa shape index (κ1) is 18.2. The standard InChI is InChI=1S/C12H15F3N2O2S.ClH/c1-16-7-9-3-2-4-17(9)20(18,19)12-10(14)5-8(13)6-11(12)15;/h5-6,9,16H,2-4,7H2,1H3;1H. The molecule has 0 spiro atoms. The van der Waals surface area contributed by atoms with Crippen LogP contribution in [0.15, 0.2) is 17.0 Å². The van der Waals surface area contributed by atoms with Crippen LogP contribution >= 0.6 is 12.4 Å². The summed E-state index contributed by atoms with van der Waals surface area (Å²) < 4.78 is 66.0. The highest BCUT2D eigenvalue weighted by Gasteiger charge is 2.38. The maximum Gasteiger partial charge on any atom is 0.249 e. The minimum atomic E-state index is -4.31. The third-order valence-electron chi connectivity index (χ3n) is 3.29. The predicted molar refractivity (Wildman–Crippen MR) is 74.4 cm³/mol. The van der Waals surface area contributed by atoms with E-state index in [4.69, 9.17) is 0 Å². The summed E-state index contributed by atoms with van der Waals surface area (Å²) in [5.41, 5.74) is 0. The highest BCUT2D eigenvalue weighted by atomic mass is 35.5. The Hall–Kier alpha value is -0.830. The van der Waals surface area contributed by atoms with Gasteiger partial charge in [-0.05, 0) is 19.9 Å². The number of benzene rings is 1. The normalized spacial score (nSPS) is 19.5. The quantitative estimate of drug-likeness (QED) is 0.907. The minimum Gasteiger partial charge on any atom is -0.318 e. The molecule has 1 atom stereocenters. The van der Waals surface area contributed by atoms with Gasteiger partial charge in [-0.1, -0.05) is 0 Å². The summed E-state index contributed by atoms with van der Waals surface area (Å²) in [5, 5.41) is 2.85. The van der Waals surface area contributed by atoms with E-state index in [1.165, 1.54) is 0 Å². The molecule has 1 fully saturated rings. The molecule has 0 bridgehead atoms. The minimum absolute atomic E-state index is 0. The molecule has 0 amide bonds. The lowest BCUT2D eigenvalue weighted by Gasteiger charge is -2.24. The molecule has 2 rings (SSSR count). The molecular weight excluding hydrogens is 329 g/mol. The molecular formula is C12H16ClF3N2O2S. The molecule has 9 heteroatoms. The van der Waals surface area contributed by atoms with Crippen molar-refractivity contribution in [2.24, 2.45) is 0 Å². The highest BCUT2D eigenvalue weighted by Crippen LogP contribution is 2.29. The van der Waals surface area contributed by atoms with E-state index >= 15 is 0 Å². The Labute approximate surface area is 127 Å². The summed E-state index contributed by atoms with van der Waals surface area (Å²) in [6, 6.07) is 0.395. The molecule has 4 nitrogen and oxygen atoms in total. The van der Waals surface area contributed by atoms with Gasteiger partial charge in [0.25, 0.3) is 0 Å². The molecule has 1 aromatic rings. The summed E-state index contributed by atoms with van der Waals surface area (Å²) in [6.45, 7) is 0.592. The molecule has 1 saturated heterocycles. The molecule has 1 aliphatic heterocycles. The average Bonchev–Trinajstić information content (AvgIpc) is 2.76. The second-order valence-corrected chi connectivity index (χ2v) is 6.50. The Bertz CT molecular complexity index is 590. The fourth-order valence-electron chi connectivity index (χ4n) is 2.46. The van der Waals surface area contributed by atoms with Crippen molar-refractivity contribution in [2.45, 2.75) is 23.8 Å². The number of hydrogen-bond acceptors (Lipinski definition) is 3. The Morgan fingerprint density at radius 1 is 1.29 bits per heavy atom. The lowest BCUT2D eigenvalue weighted by molar-refractivity contribution is 0.372. The van der Waals surface area contributed by atoms with Gasteiger partial charge in [0, 0.05) is 31.3 Å². The molecule has 1 unspecified atom stereocenters. The number of likely N-dealkylation sites (N-methyl/N-ethyl adjacent to an activating group) is 1. The van der Waals surface area contributed by atoms with Crippen LogP contribution in [0.25, 0.3) is 0 Å². The number of hydrogen-bond donors (Lipinski definition) is 1. The van der Waals surface area contributed by atoms with Crippen LogP contribution in [0.2, 0.25) is 0 Å². The maximum atomic E-state index is 13.7.